The number of hydrogen-bond acceptors (Lipinski definition) is 5. The van der Waals surface area contributed by atoms with Crippen LogP contribution >= 0.6 is 11.3 Å². The molecule has 2 heterocycles. The average Bonchev–Trinajstić information content (AvgIpc) is 2.91. The van der Waals surface area contributed by atoms with Crippen molar-refractivity contribution in [3.63, 3.8) is 0 Å². The molecule has 102 valence electrons. The molecule has 3 rings (SSSR count). The molecule has 0 atom stereocenters. The standard InChI is InChI=1S/C14H19N3OS/c1-10-2-5-14(8-18,6-3-10)17-13-12-11(4-7-19-12)15-9-16-13/h4,7,9-10,18H,2-3,5-6,8H2,1H3,(H,15,16,17). The van der Waals surface area contributed by atoms with E-state index in [1.165, 1.54) is 0 Å². The quantitative estimate of drug-likeness (QED) is 0.905. The van der Waals surface area contributed by atoms with Gasteiger partial charge in [0.1, 0.15) is 12.1 Å². The molecule has 2 N–H and O–H groups in total. The van der Waals surface area contributed by atoms with Gasteiger partial charge in [0, 0.05) is 0 Å². The molecular formula is C14H19N3OS. The summed E-state index contributed by atoms with van der Waals surface area (Å²) in [6, 6.07) is 2.00. The van der Waals surface area contributed by atoms with Crippen LogP contribution in [0.1, 0.15) is 32.6 Å². The molecule has 0 amide bonds. The fourth-order valence-electron chi connectivity index (χ4n) is 2.77. The molecule has 0 radical (unpaired) electrons. The Labute approximate surface area is 116 Å². The van der Waals surface area contributed by atoms with E-state index in [0.717, 1.165) is 47.6 Å². The monoisotopic (exact) mass is 277 g/mol. The summed E-state index contributed by atoms with van der Waals surface area (Å²) in [5.41, 5.74) is 0.761. The highest BCUT2D eigenvalue weighted by atomic mass is 32.1. The maximum Gasteiger partial charge on any atom is 0.147 e. The minimum Gasteiger partial charge on any atom is -0.394 e. The van der Waals surface area contributed by atoms with Crippen molar-refractivity contribution in [1.82, 2.24) is 9.97 Å². The summed E-state index contributed by atoms with van der Waals surface area (Å²) in [6.07, 6.45) is 5.91. The second-order valence-corrected chi connectivity index (χ2v) is 6.52. The predicted octanol–water partition coefficient (Wildman–Crippen LogP) is 3.04. The van der Waals surface area contributed by atoms with Gasteiger partial charge < -0.3 is 10.4 Å². The van der Waals surface area contributed by atoms with Gasteiger partial charge in [0.15, 0.2) is 0 Å². The lowest BCUT2D eigenvalue weighted by Gasteiger charge is -2.39. The SMILES string of the molecule is CC1CCC(CO)(Nc2ncnc3ccsc23)CC1. The van der Waals surface area contributed by atoms with Crippen LogP contribution in [0.2, 0.25) is 0 Å². The number of aromatic nitrogens is 2. The van der Waals surface area contributed by atoms with Crippen LogP contribution in [-0.2, 0) is 0 Å². The van der Waals surface area contributed by atoms with Crippen LogP contribution in [0.4, 0.5) is 5.82 Å². The van der Waals surface area contributed by atoms with Crippen molar-refractivity contribution >= 4 is 27.4 Å². The first-order valence-electron chi connectivity index (χ1n) is 6.80. The summed E-state index contributed by atoms with van der Waals surface area (Å²) in [6.45, 7) is 2.44. The average molecular weight is 277 g/mol. The number of aliphatic hydroxyl groups is 1. The highest BCUT2D eigenvalue weighted by Gasteiger charge is 2.34. The van der Waals surface area contributed by atoms with Crippen molar-refractivity contribution in [2.24, 2.45) is 5.92 Å². The molecule has 1 aliphatic carbocycles. The first kappa shape index (κ1) is 12.8. The molecule has 19 heavy (non-hydrogen) atoms. The van der Waals surface area contributed by atoms with Gasteiger partial charge in [-0.3, -0.25) is 0 Å². The maximum atomic E-state index is 9.81. The summed E-state index contributed by atoms with van der Waals surface area (Å²) in [4.78, 5) is 8.61. The Bertz CT molecular complexity index is 561. The van der Waals surface area contributed by atoms with Gasteiger partial charge in [0.2, 0.25) is 0 Å². The third kappa shape index (κ3) is 2.44. The summed E-state index contributed by atoms with van der Waals surface area (Å²) in [5.74, 6) is 1.62. The zero-order valence-corrected chi connectivity index (χ0v) is 11.9. The number of aliphatic hydroxyl groups excluding tert-OH is 1. The van der Waals surface area contributed by atoms with Crippen molar-refractivity contribution in [3.8, 4) is 0 Å². The highest BCUT2D eigenvalue weighted by molar-refractivity contribution is 7.17. The fraction of sp³-hybridized carbons (Fsp3) is 0.571. The molecule has 0 aromatic carbocycles. The number of fused-ring (bicyclic) bond motifs is 1. The second kappa shape index (κ2) is 5.06. The van der Waals surface area contributed by atoms with Crippen molar-refractivity contribution < 1.29 is 5.11 Å². The molecule has 2 aromatic rings. The summed E-state index contributed by atoms with van der Waals surface area (Å²) >= 11 is 1.64. The third-order valence-corrected chi connectivity index (χ3v) is 5.07. The molecule has 1 saturated carbocycles. The fourth-order valence-corrected chi connectivity index (χ4v) is 3.56. The lowest BCUT2D eigenvalue weighted by Crippen LogP contribution is -2.45. The molecule has 0 saturated heterocycles. The smallest absolute Gasteiger partial charge is 0.147 e. The Morgan fingerprint density at radius 1 is 1.42 bits per heavy atom. The lowest BCUT2D eigenvalue weighted by atomic mass is 9.77. The van der Waals surface area contributed by atoms with Crippen molar-refractivity contribution in [2.75, 3.05) is 11.9 Å². The van der Waals surface area contributed by atoms with Gasteiger partial charge >= 0.3 is 0 Å². The Morgan fingerprint density at radius 3 is 2.95 bits per heavy atom. The minimum atomic E-state index is -0.211. The first-order valence-corrected chi connectivity index (χ1v) is 7.68. The zero-order valence-electron chi connectivity index (χ0n) is 11.1. The molecule has 0 spiro atoms. The van der Waals surface area contributed by atoms with Crippen molar-refractivity contribution in [2.45, 2.75) is 38.1 Å². The summed E-state index contributed by atoms with van der Waals surface area (Å²) in [5, 5.41) is 15.3. The number of hydrogen-bond donors (Lipinski definition) is 2. The molecule has 1 fully saturated rings. The van der Waals surface area contributed by atoms with E-state index in [2.05, 4.69) is 22.2 Å². The Hall–Kier alpha value is -1.20. The zero-order chi connectivity index (χ0) is 13.3. The van der Waals surface area contributed by atoms with E-state index in [9.17, 15) is 5.11 Å². The van der Waals surface area contributed by atoms with Crippen LogP contribution in [0, 0.1) is 5.92 Å². The van der Waals surface area contributed by atoms with Crippen LogP contribution < -0.4 is 5.32 Å². The normalized spacial score (nSPS) is 27.6. The molecule has 5 heteroatoms. The lowest BCUT2D eigenvalue weighted by molar-refractivity contribution is 0.155. The highest BCUT2D eigenvalue weighted by Crippen LogP contribution is 2.36. The maximum absolute atomic E-state index is 9.81. The van der Waals surface area contributed by atoms with Gasteiger partial charge in [-0.15, -0.1) is 11.3 Å². The van der Waals surface area contributed by atoms with Gasteiger partial charge in [-0.1, -0.05) is 6.92 Å². The van der Waals surface area contributed by atoms with E-state index >= 15 is 0 Å². The second-order valence-electron chi connectivity index (χ2n) is 5.60. The van der Waals surface area contributed by atoms with Crippen LogP contribution in [0.5, 0.6) is 0 Å². The molecular weight excluding hydrogens is 258 g/mol. The third-order valence-electron chi connectivity index (χ3n) is 4.16. The Kier molecular flexibility index (Phi) is 3.41. The molecule has 4 nitrogen and oxygen atoms in total. The summed E-state index contributed by atoms with van der Waals surface area (Å²) in [7, 11) is 0. The number of nitrogens with zero attached hydrogens (tertiary/aromatic N) is 2. The minimum absolute atomic E-state index is 0.163. The van der Waals surface area contributed by atoms with Gasteiger partial charge in [0.05, 0.1) is 22.4 Å². The van der Waals surface area contributed by atoms with E-state index in [-0.39, 0.29) is 12.1 Å². The van der Waals surface area contributed by atoms with E-state index in [1.54, 1.807) is 17.7 Å². The van der Waals surface area contributed by atoms with Gasteiger partial charge in [0.25, 0.3) is 0 Å². The van der Waals surface area contributed by atoms with Crippen LogP contribution in [0.3, 0.4) is 0 Å². The first-order chi connectivity index (χ1) is 9.22. The van der Waals surface area contributed by atoms with Gasteiger partial charge in [-0.05, 0) is 43.0 Å². The van der Waals surface area contributed by atoms with E-state index < -0.39 is 0 Å². The number of thiophene rings is 1. The molecule has 0 bridgehead atoms. The van der Waals surface area contributed by atoms with Crippen LogP contribution in [0.15, 0.2) is 17.8 Å². The van der Waals surface area contributed by atoms with Gasteiger partial charge in [-0.2, -0.15) is 0 Å². The number of rotatable bonds is 3. The number of nitrogens with one attached hydrogen (secondary N) is 1. The van der Waals surface area contributed by atoms with E-state index in [1.807, 2.05) is 11.4 Å². The molecule has 2 aromatic heterocycles. The number of anilines is 1. The molecule has 0 unspecified atom stereocenters. The van der Waals surface area contributed by atoms with E-state index in [0.29, 0.717) is 0 Å². The Morgan fingerprint density at radius 2 is 2.21 bits per heavy atom. The largest absolute Gasteiger partial charge is 0.394 e. The predicted molar refractivity (Wildman–Crippen MR) is 78.5 cm³/mol. The van der Waals surface area contributed by atoms with Crippen molar-refractivity contribution in [3.05, 3.63) is 17.8 Å². The van der Waals surface area contributed by atoms with E-state index in [4.69, 9.17) is 0 Å². The van der Waals surface area contributed by atoms with Crippen molar-refractivity contribution in [1.29, 1.82) is 0 Å². The molecule has 0 aliphatic heterocycles. The van der Waals surface area contributed by atoms with Crippen LogP contribution in [-0.4, -0.2) is 27.2 Å². The topological polar surface area (TPSA) is 58.0 Å². The van der Waals surface area contributed by atoms with Gasteiger partial charge in [-0.25, -0.2) is 9.97 Å². The summed E-state index contributed by atoms with van der Waals surface area (Å²) < 4.78 is 1.08. The molecule has 1 aliphatic rings. The van der Waals surface area contributed by atoms with Crippen LogP contribution in [0.25, 0.3) is 10.2 Å². The Balaban J connectivity index is 1.88.